The summed E-state index contributed by atoms with van der Waals surface area (Å²) >= 11 is 0. The summed E-state index contributed by atoms with van der Waals surface area (Å²) < 4.78 is 0. The minimum Gasteiger partial charge on any atom is -0.393 e. The van der Waals surface area contributed by atoms with E-state index in [4.69, 9.17) is 15.0 Å². The Morgan fingerprint density at radius 1 is 1.27 bits per heavy atom. The van der Waals surface area contributed by atoms with Crippen molar-refractivity contribution in [1.82, 2.24) is 19.8 Å². The lowest BCUT2D eigenvalue weighted by Gasteiger charge is -2.37. The molecule has 1 unspecified atom stereocenters. The highest BCUT2D eigenvalue weighted by molar-refractivity contribution is 6.02. The average Bonchev–Trinajstić information content (AvgIpc) is 2.81. The number of rotatable bonds is 8. The highest BCUT2D eigenvalue weighted by Gasteiger charge is 2.29. The molecule has 2 aliphatic rings. The molecule has 1 saturated carbocycles. The maximum atomic E-state index is 10.00. The first kappa shape index (κ1) is 25.6. The van der Waals surface area contributed by atoms with E-state index in [1.807, 2.05) is 13.2 Å². The summed E-state index contributed by atoms with van der Waals surface area (Å²) in [6.07, 6.45) is 9.72. The van der Waals surface area contributed by atoms with Crippen molar-refractivity contribution >= 4 is 17.4 Å². The Labute approximate surface area is 200 Å². The molecule has 2 heterocycles. The first-order chi connectivity index (χ1) is 15.8. The Morgan fingerprint density at radius 3 is 2.55 bits per heavy atom. The van der Waals surface area contributed by atoms with Crippen LogP contribution in [0.2, 0.25) is 0 Å². The lowest BCUT2D eigenvalue weighted by Crippen LogP contribution is -2.45. The van der Waals surface area contributed by atoms with Crippen LogP contribution in [0.5, 0.6) is 0 Å². The number of aliphatic imine (C=N–C) groups is 1. The maximum absolute atomic E-state index is 10.00. The van der Waals surface area contributed by atoms with Crippen LogP contribution >= 0.6 is 0 Å². The van der Waals surface area contributed by atoms with Gasteiger partial charge >= 0.3 is 0 Å². The number of allylic oxidation sites excluding steroid dienone is 1. The van der Waals surface area contributed by atoms with Crippen molar-refractivity contribution in [1.29, 1.82) is 0 Å². The number of nitrogens with one attached hydrogen (secondary N) is 1. The van der Waals surface area contributed by atoms with Crippen LogP contribution in [0.1, 0.15) is 76.5 Å². The van der Waals surface area contributed by atoms with Crippen molar-refractivity contribution in [3.05, 3.63) is 24.0 Å². The number of nitrogens with zero attached hydrogens (tertiary/aromatic N) is 5. The van der Waals surface area contributed by atoms with Crippen molar-refractivity contribution in [3.63, 3.8) is 0 Å². The molecule has 0 aromatic carbocycles. The number of aliphatic hydroxyl groups is 1. The molecule has 184 valence electrons. The molecule has 1 atom stereocenters. The molecule has 33 heavy (non-hydrogen) atoms. The summed E-state index contributed by atoms with van der Waals surface area (Å²) in [6.45, 7) is 11.1. The van der Waals surface area contributed by atoms with Crippen molar-refractivity contribution in [2.45, 2.75) is 83.4 Å². The fourth-order valence-corrected chi connectivity index (χ4v) is 5.23. The molecule has 1 aliphatic carbocycles. The zero-order valence-electron chi connectivity index (χ0n) is 21.3. The molecule has 2 fully saturated rings. The summed E-state index contributed by atoms with van der Waals surface area (Å²) in [4.78, 5) is 19.1. The lowest BCUT2D eigenvalue weighted by molar-refractivity contribution is 0.119. The monoisotopic (exact) mass is 456 g/mol. The smallest absolute Gasteiger partial charge is 0.223 e. The molecule has 3 rings (SSSR count). The molecule has 1 aromatic heterocycles. The number of hydrogen-bond acceptors (Lipinski definition) is 6. The SMILES string of the molecule is C=C(c1nc(NC(C)CCC)ncc1/C(=N\C)N(C)C1CCN(C)CC1)[C@H]1CC[C@H](O)CC1. The van der Waals surface area contributed by atoms with Gasteiger partial charge in [0.2, 0.25) is 5.95 Å². The van der Waals surface area contributed by atoms with Crippen LogP contribution in [0, 0.1) is 5.92 Å². The predicted octanol–water partition coefficient (Wildman–Crippen LogP) is 4.04. The Hall–Kier alpha value is -1.99. The van der Waals surface area contributed by atoms with E-state index >= 15 is 0 Å². The van der Waals surface area contributed by atoms with Gasteiger partial charge in [-0.2, -0.15) is 0 Å². The van der Waals surface area contributed by atoms with E-state index in [0.717, 1.165) is 87.1 Å². The molecule has 0 amide bonds. The van der Waals surface area contributed by atoms with Crippen LogP contribution < -0.4 is 5.32 Å². The van der Waals surface area contributed by atoms with Gasteiger partial charge in [0.15, 0.2) is 0 Å². The number of amidine groups is 1. The number of likely N-dealkylation sites (tertiary alicyclic amines) is 1. The van der Waals surface area contributed by atoms with Crippen molar-refractivity contribution in [2.75, 3.05) is 39.5 Å². The molecule has 0 spiro atoms. The zero-order valence-corrected chi connectivity index (χ0v) is 21.3. The summed E-state index contributed by atoms with van der Waals surface area (Å²) in [5.74, 6) is 1.92. The lowest BCUT2D eigenvalue weighted by atomic mass is 9.81. The number of piperidine rings is 1. The number of aliphatic hydroxyl groups excluding tert-OH is 1. The van der Waals surface area contributed by atoms with Crippen LogP contribution in [0.15, 0.2) is 17.8 Å². The fraction of sp³-hybridized carbons (Fsp3) is 0.731. The summed E-state index contributed by atoms with van der Waals surface area (Å²) in [7, 11) is 6.20. The average molecular weight is 457 g/mol. The van der Waals surface area contributed by atoms with Crippen LogP contribution in [0.25, 0.3) is 5.57 Å². The predicted molar refractivity (Wildman–Crippen MR) is 138 cm³/mol. The second-order valence-electron chi connectivity index (χ2n) is 10.0. The van der Waals surface area contributed by atoms with Crippen molar-refractivity contribution in [3.8, 4) is 0 Å². The van der Waals surface area contributed by atoms with Crippen LogP contribution in [0.4, 0.5) is 5.95 Å². The molecule has 1 aliphatic heterocycles. The third kappa shape index (κ3) is 6.54. The van der Waals surface area contributed by atoms with Gasteiger partial charge in [-0.3, -0.25) is 4.99 Å². The Bertz CT molecular complexity index is 809. The standard InChI is InChI=1S/C26H44N6O/c1-7-8-18(2)29-26-28-17-23(24(30-26)19(3)20-9-11-22(33)12-10-20)25(27-4)32(6)21-13-15-31(5)16-14-21/h17-18,20-22,33H,3,7-16H2,1-2,4-6H3,(H,28,29,30)/b27-25+/t18?,20-,22-. The van der Waals surface area contributed by atoms with E-state index in [-0.39, 0.29) is 6.10 Å². The van der Waals surface area contributed by atoms with E-state index in [9.17, 15) is 5.11 Å². The van der Waals surface area contributed by atoms with E-state index < -0.39 is 0 Å². The number of aromatic nitrogens is 2. The van der Waals surface area contributed by atoms with E-state index in [0.29, 0.717) is 23.9 Å². The molecule has 2 N–H and O–H groups in total. The van der Waals surface area contributed by atoms with Gasteiger partial charge in [0.05, 0.1) is 17.4 Å². The molecule has 7 nitrogen and oxygen atoms in total. The molecule has 7 heteroatoms. The van der Waals surface area contributed by atoms with Crippen LogP contribution in [-0.4, -0.2) is 83.1 Å². The summed E-state index contributed by atoms with van der Waals surface area (Å²) in [6, 6.07) is 0.765. The van der Waals surface area contributed by atoms with E-state index in [2.05, 4.69) is 49.6 Å². The maximum Gasteiger partial charge on any atom is 0.223 e. The van der Waals surface area contributed by atoms with Gasteiger partial charge in [-0.1, -0.05) is 19.9 Å². The quantitative estimate of drug-likeness (QED) is 0.454. The Balaban J connectivity index is 1.91. The number of anilines is 1. The largest absolute Gasteiger partial charge is 0.393 e. The van der Waals surface area contributed by atoms with E-state index in [1.165, 1.54) is 0 Å². The van der Waals surface area contributed by atoms with E-state index in [1.54, 1.807) is 0 Å². The van der Waals surface area contributed by atoms with Gasteiger partial charge < -0.3 is 20.2 Å². The first-order valence-electron chi connectivity index (χ1n) is 12.7. The minimum atomic E-state index is -0.186. The topological polar surface area (TPSA) is 76.9 Å². The molecule has 1 aromatic rings. The van der Waals surface area contributed by atoms with Gasteiger partial charge in [-0.05, 0) is 83.5 Å². The van der Waals surface area contributed by atoms with Gasteiger partial charge in [-0.25, -0.2) is 9.97 Å². The van der Waals surface area contributed by atoms with Crippen LogP contribution in [0.3, 0.4) is 0 Å². The zero-order chi connectivity index (χ0) is 24.0. The molecular weight excluding hydrogens is 412 g/mol. The number of hydrogen-bond donors (Lipinski definition) is 2. The third-order valence-electron chi connectivity index (χ3n) is 7.40. The first-order valence-corrected chi connectivity index (χ1v) is 12.7. The van der Waals surface area contributed by atoms with Crippen molar-refractivity contribution in [2.24, 2.45) is 10.9 Å². The third-order valence-corrected chi connectivity index (χ3v) is 7.40. The normalized spacial score (nSPS) is 23.9. The Morgan fingerprint density at radius 2 is 1.94 bits per heavy atom. The van der Waals surface area contributed by atoms with Crippen molar-refractivity contribution < 1.29 is 5.11 Å². The minimum absolute atomic E-state index is 0.186. The molecule has 1 saturated heterocycles. The second kappa shape index (κ2) is 11.9. The van der Waals surface area contributed by atoms with Gasteiger partial charge in [-0.15, -0.1) is 0 Å². The summed E-state index contributed by atoms with van der Waals surface area (Å²) in [5.41, 5.74) is 2.91. The summed E-state index contributed by atoms with van der Waals surface area (Å²) in [5, 5.41) is 13.5. The van der Waals surface area contributed by atoms with Crippen LogP contribution in [-0.2, 0) is 0 Å². The molecule has 0 bridgehead atoms. The highest BCUT2D eigenvalue weighted by Crippen LogP contribution is 2.35. The Kier molecular flexibility index (Phi) is 9.27. The highest BCUT2D eigenvalue weighted by atomic mass is 16.3. The molecule has 0 radical (unpaired) electrons. The van der Waals surface area contributed by atoms with Gasteiger partial charge in [0, 0.05) is 32.4 Å². The fourth-order valence-electron chi connectivity index (χ4n) is 5.23. The molecular formula is C26H44N6O. The second-order valence-corrected chi connectivity index (χ2v) is 10.0. The van der Waals surface area contributed by atoms with Gasteiger partial charge in [0.1, 0.15) is 5.84 Å². The van der Waals surface area contributed by atoms with Gasteiger partial charge in [0.25, 0.3) is 0 Å².